The predicted molar refractivity (Wildman–Crippen MR) is 110 cm³/mol. The fourth-order valence-electron chi connectivity index (χ4n) is 2.83. The van der Waals surface area contributed by atoms with Crippen LogP contribution in [0.3, 0.4) is 0 Å². The van der Waals surface area contributed by atoms with Crippen LogP contribution in [0.2, 0.25) is 0 Å². The van der Waals surface area contributed by atoms with Crippen LogP contribution in [0.1, 0.15) is 25.8 Å². The number of amides is 2. The van der Waals surface area contributed by atoms with Crippen LogP contribution in [0.15, 0.2) is 48.5 Å². The Kier molecular flexibility index (Phi) is 8.34. The number of hydrogen-bond acceptors (Lipinski definition) is 4. The Hall–Kier alpha value is -3.02. The van der Waals surface area contributed by atoms with Gasteiger partial charge in [0, 0.05) is 6.54 Å². The van der Waals surface area contributed by atoms with E-state index in [1.54, 1.807) is 24.1 Å². The van der Waals surface area contributed by atoms with Gasteiger partial charge in [-0.05, 0) is 43.2 Å². The van der Waals surface area contributed by atoms with Gasteiger partial charge in [0.05, 0.1) is 32.4 Å². The van der Waals surface area contributed by atoms with E-state index in [-0.39, 0.29) is 24.8 Å². The zero-order chi connectivity index (χ0) is 20.4. The SMILES string of the molecule is CCCN(CC(=O)Nc1ccccc1OC)C(=O)Cc1ccc(OCC)cc1. The first-order chi connectivity index (χ1) is 13.6. The highest BCUT2D eigenvalue weighted by atomic mass is 16.5. The summed E-state index contributed by atoms with van der Waals surface area (Å²) in [4.78, 5) is 26.8. The summed E-state index contributed by atoms with van der Waals surface area (Å²) in [6.45, 7) is 5.03. The second-order valence-corrected chi connectivity index (χ2v) is 6.32. The molecular formula is C22H28N2O4. The Morgan fingerprint density at radius 3 is 2.39 bits per heavy atom. The summed E-state index contributed by atoms with van der Waals surface area (Å²) in [5.41, 5.74) is 1.48. The minimum atomic E-state index is -0.252. The molecule has 0 heterocycles. The lowest BCUT2D eigenvalue weighted by Gasteiger charge is -2.22. The molecule has 0 unspecified atom stereocenters. The number of rotatable bonds is 10. The second-order valence-electron chi connectivity index (χ2n) is 6.32. The third kappa shape index (κ3) is 6.30. The number of hydrogen-bond donors (Lipinski definition) is 1. The number of nitrogens with zero attached hydrogens (tertiary/aromatic N) is 1. The van der Waals surface area contributed by atoms with Crippen LogP contribution in [0, 0.1) is 0 Å². The highest BCUT2D eigenvalue weighted by Crippen LogP contribution is 2.23. The first kappa shape index (κ1) is 21.3. The molecule has 0 bridgehead atoms. The van der Waals surface area contributed by atoms with Gasteiger partial charge in [0.25, 0.3) is 0 Å². The average molecular weight is 384 g/mol. The Labute approximate surface area is 166 Å². The lowest BCUT2D eigenvalue weighted by atomic mass is 10.1. The average Bonchev–Trinajstić information content (AvgIpc) is 2.69. The van der Waals surface area contributed by atoms with E-state index in [0.29, 0.717) is 24.6 Å². The normalized spacial score (nSPS) is 10.2. The van der Waals surface area contributed by atoms with Crippen LogP contribution >= 0.6 is 0 Å². The van der Waals surface area contributed by atoms with Crippen LogP contribution in [-0.4, -0.2) is 43.5 Å². The molecule has 0 aliphatic heterocycles. The number of anilines is 1. The molecule has 6 nitrogen and oxygen atoms in total. The van der Waals surface area contributed by atoms with E-state index < -0.39 is 0 Å². The second kappa shape index (κ2) is 11.0. The van der Waals surface area contributed by atoms with Crippen LogP contribution in [0.4, 0.5) is 5.69 Å². The van der Waals surface area contributed by atoms with E-state index in [1.807, 2.05) is 50.2 Å². The summed E-state index contributed by atoms with van der Waals surface area (Å²) in [6, 6.07) is 14.6. The van der Waals surface area contributed by atoms with E-state index in [1.165, 1.54) is 0 Å². The largest absolute Gasteiger partial charge is 0.495 e. The number of carbonyl (C=O) groups is 2. The van der Waals surface area contributed by atoms with Crippen molar-refractivity contribution in [2.24, 2.45) is 0 Å². The van der Waals surface area contributed by atoms with Crippen LogP contribution in [-0.2, 0) is 16.0 Å². The topological polar surface area (TPSA) is 67.9 Å². The molecule has 0 spiro atoms. The number of methoxy groups -OCH3 is 1. The van der Waals surface area contributed by atoms with Gasteiger partial charge < -0.3 is 19.7 Å². The molecular weight excluding hydrogens is 356 g/mol. The lowest BCUT2D eigenvalue weighted by Crippen LogP contribution is -2.39. The molecule has 2 rings (SSSR count). The van der Waals surface area contributed by atoms with Gasteiger partial charge in [0.1, 0.15) is 11.5 Å². The minimum Gasteiger partial charge on any atom is -0.495 e. The predicted octanol–water partition coefficient (Wildman–Crippen LogP) is 3.51. The molecule has 2 aromatic carbocycles. The summed E-state index contributed by atoms with van der Waals surface area (Å²) in [6.07, 6.45) is 1.02. The van der Waals surface area contributed by atoms with Gasteiger partial charge in [-0.15, -0.1) is 0 Å². The summed E-state index contributed by atoms with van der Waals surface area (Å²) >= 11 is 0. The molecule has 0 aromatic heterocycles. The maximum absolute atomic E-state index is 12.7. The quantitative estimate of drug-likeness (QED) is 0.681. The van der Waals surface area contributed by atoms with Crippen LogP contribution in [0.25, 0.3) is 0 Å². The third-order valence-corrected chi connectivity index (χ3v) is 4.15. The van der Waals surface area contributed by atoms with E-state index in [0.717, 1.165) is 17.7 Å². The van der Waals surface area contributed by atoms with Crippen molar-refractivity contribution in [2.75, 3.05) is 32.1 Å². The zero-order valence-electron chi connectivity index (χ0n) is 16.7. The maximum Gasteiger partial charge on any atom is 0.244 e. The van der Waals surface area contributed by atoms with Gasteiger partial charge in [0.2, 0.25) is 11.8 Å². The molecule has 0 aliphatic rings. The molecule has 6 heteroatoms. The molecule has 1 N–H and O–H groups in total. The van der Waals surface area contributed by atoms with Crippen molar-refractivity contribution in [3.05, 3.63) is 54.1 Å². The van der Waals surface area contributed by atoms with Crippen molar-refractivity contribution in [3.63, 3.8) is 0 Å². The molecule has 0 atom stereocenters. The Bertz CT molecular complexity index is 774. The first-order valence-electron chi connectivity index (χ1n) is 9.49. The van der Waals surface area contributed by atoms with Gasteiger partial charge in [-0.25, -0.2) is 0 Å². The molecule has 0 saturated heterocycles. The third-order valence-electron chi connectivity index (χ3n) is 4.15. The Morgan fingerprint density at radius 1 is 1.04 bits per heavy atom. The van der Waals surface area contributed by atoms with Gasteiger partial charge >= 0.3 is 0 Å². The smallest absolute Gasteiger partial charge is 0.244 e. The van der Waals surface area contributed by atoms with Gasteiger partial charge in [-0.1, -0.05) is 31.2 Å². The Balaban J connectivity index is 1.98. The maximum atomic E-state index is 12.7. The van der Waals surface area contributed by atoms with Crippen molar-refractivity contribution < 1.29 is 19.1 Å². The summed E-state index contributed by atoms with van der Waals surface area (Å²) < 4.78 is 10.7. The lowest BCUT2D eigenvalue weighted by molar-refractivity contribution is -0.134. The van der Waals surface area contributed by atoms with Crippen molar-refractivity contribution in [2.45, 2.75) is 26.7 Å². The highest BCUT2D eigenvalue weighted by Gasteiger charge is 2.18. The van der Waals surface area contributed by atoms with E-state index >= 15 is 0 Å². The fraction of sp³-hybridized carbons (Fsp3) is 0.364. The molecule has 28 heavy (non-hydrogen) atoms. The molecule has 150 valence electrons. The molecule has 0 radical (unpaired) electrons. The number of para-hydroxylation sites is 2. The first-order valence-corrected chi connectivity index (χ1v) is 9.49. The summed E-state index contributed by atoms with van der Waals surface area (Å²) in [5, 5.41) is 2.82. The van der Waals surface area contributed by atoms with Crippen molar-refractivity contribution in [3.8, 4) is 11.5 Å². The Morgan fingerprint density at radius 2 is 1.75 bits per heavy atom. The number of carbonyl (C=O) groups excluding carboxylic acids is 2. The van der Waals surface area contributed by atoms with E-state index in [4.69, 9.17) is 9.47 Å². The summed E-state index contributed by atoms with van der Waals surface area (Å²) in [7, 11) is 1.55. The molecule has 0 fully saturated rings. The van der Waals surface area contributed by atoms with Crippen LogP contribution < -0.4 is 14.8 Å². The molecule has 0 saturated carbocycles. The standard InChI is InChI=1S/C22H28N2O4/c1-4-14-24(16-21(25)23-19-8-6-7-9-20(19)27-3)22(26)15-17-10-12-18(13-11-17)28-5-2/h6-13H,4-5,14-16H2,1-3H3,(H,23,25). The zero-order valence-corrected chi connectivity index (χ0v) is 16.7. The minimum absolute atomic E-state index is 0.00174. The van der Waals surface area contributed by atoms with Gasteiger partial charge in [0.15, 0.2) is 0 Å². The van der Waals surface area contributed by atoms with E-state index in [9.17, 15) is 9.59 Å². The van der Waals surface area contributed by atoms with Crippen LogP contribution in [0.5, 0.6) is 11.5 Å². The van der Waals surface area contributed by atoms with Crippen molar-refractivity contribution in [1.82, 2.24) is 4.90 Å². The van der Waals surface area contributed by atoms with Crippen molar-refractivity contribution in [1.29, 1.82) is 0 Å². The number of benzene rings is 2. The fourth-order valence-corrected chi connectivity index (χ4v) is 2.83. The number of ether oxygens (including phenoxy) is 2. The highest BCUT2D eigenvalue weighted by molar-refractivity contribution is 5.95. The number of nitrogens with one attached hydrogen (secondary N) is 1. The molecule has 2 amide bonds. The summed E-state index contributed by atoms with van der Waals surface area (Å²) in [5.74, 6) is 1.03. The van der Waals surface area contributed by atoms with Crippen molar-refractivity contribution >= 4 is 17.5 Å². The molecule has 0 aliphatic carbocycles. The monoisotopic (exact) mass is 384 g/mol. The molecule has 2 aromatic rings. The van der Waals surface area contributed by atoms with E-state index in [2.05, 4.69) is 5.32 Å². The van der Waals surface area contributed by atoms with Gasteiger partial charge in [-0.3, -0.25) is 9.59 Å². The van der Waals surface area contributed by atoms with Gasteiger partial charge in [-0.2, -0.15) is 0 Å².